The molecule has 2 amide bonds. The Hall–Kier alpha value is -4.85. The molecule has 2 aromatic carbocycles. The summed E-state index contributed by atoms with van der Waals surface area (Å²) in [4.78, 5) is 39.7. The second-order valence-electron chi connectivity index (χ2n) is 17.7. The third-order valence-electron chi connectivity index (χ3n) is 12.8. The first-order valence-corrected chi connectivity index (χ1v) is 20.5. The molecule has 13 heteroatoms. The van der Waals surface area contributed by atoms with Gasteiger partial charge >= 0.3 is 12.0 Å². The lowest BCUT2D eigenvalue weighted by Gasteiger charge is -2.69. The Labute approximate surface area is 331 Å². The summed E-state index contributed by atoms with van der Waals surface area (Å²) < 4.78 is 9.87. The maximum absolute atomic E-state index is 13.7. The highest BCUT2D eigenvalue weighted by Gasteiger charge is 2.66. The zero-order valence-corrected chi connectivity index (χ0v) is 33.6. The van der Waals surface area contributed by atoms with E-state index in [0.29, 0.717) is 41.6 Å². The van der Waals surface area contributed by atoms with Crippen LogP contribution in [-0.4, -0.2) is 82.8 Å². The van der Waals surface area contributed by atoms with Crippen molar-refractivity contribution in [3.05, 3.63) is 72.2 Å². The topological polar surface area (TPSA) is 138 Å². The number of benzene rings is 2. The fourth-order valence-electron chi connectivity index (χ4n) is 11.7. The first-order chi connectivity index (χ1) is 26.8. The molecule has 2 unspecified atom stereocenters. The van der Waals surface area contributed by atoms with Gasteiger partial charge in [-0.05, 0) is 105 Å². The van der Waals surface area contributed by atoms with Crippen LogP contribution < -0.4 is 20.4 Å². The molecule has 4 bridgehead atoms. The maximum Gasteiger partial charge on any atom is 0.355 e. The van der Waals surface area contributed by atoms with Gasteiger partial charge in [0.25, 0.3) is 0 Å². The highest BCUT2D eigenvalue weighted by Crippen LogP contribution is 2.72. The summed E-state index contributed by atoms with van der Waals surface area (Å²) in [6.07, 6.45) is 8.58. The van der Waals surface area contributed by atoms with Crippen LogP contribution in [0.15, 0.2) is 60.8 Å². The van der Waals surface area contributed by atoms with Gasteiger partial charge in [-0.1, -0.05) is 43.4 Å². The zero-order chi connectivity index (χ0) is 39.0. The van der Waals surface area contributed by atoms with Crippen LogP contribution >= 0.6 is 11.3 Å². The van der Waals surface area contributed by atoms with Crippen molar-refractivity contribution < 1.29 is 19.4 Å². The summed E-state index contributed by atoms with van der Waals surface area (Å²) in [5, 5.41) is 22.2. The maximum atomic E-state index is 13.7. The number of amides is 2. The van der Waals surface area contributed by atoms with Gasteiger partial charge in [0.05, 0.1) is 45.7 Å². The molecule has 4 heterocycles. The molecule has 3 aromatic heterocycles. The Morgan fingerprint density at radius 1 is 0.929 bits per heavy atom. The van der Waals surface area contributed by atoms with Crippen LogP contribution in [0.2, 0.25) is 0 Å². The second kappa shape index (κ2) is 13.4. The van der Waals surface area contributed by atoms with Gasteiger partial charge in [-0.15, -0.1) is 0 Å². The van der Waals surface area contributed by atoms with Crippen LogP contribution in [0.1, 0.15) is 68.6 Å². The van der Waals surface area contributed by atoms with Gasteiger partial charge in [0, 0.05) is 55.6 Å². The molecule has 5 aromatic rings. The van der Waals surface area contributed by atoms with E-state index in [1.807, 2.05) is 75.6 Å². The summed E-state index contributed by atoms with van der Waals surface area (Å²) in [5.41, 5.74) is 6.30. The minimum absolute atomic E-state index is 0.0304. The number of nitrogens with one attached hydrogen (secondary N) is 2. The molecule has 0 radical (unpaired) electrons. The summed E-state index contributed by atoms with van der Waals surface area (Å²) >= 11 is 1.44. The Morgan fingerprint density at radius 3 is 2.46 bits per heavy atom. The highest BCUT2D eigenvalue weighted by atomic mass is 32.1. The summed E-state index contributed by atoms with van der Waals surface area (Å²) in [6, 6.07) is 17.1. The van der Waals surface area contributed by atoms with Crippen LogP contribution in [0.3, 0.4) is 0 Å². The van der Waals surface area contributed by atoms with Crippen LogP contribution in [0.4, 0.5) is 21.3 Å². The van der Waals surface area contributed by atoms with Crippen molar-refractivity contribution in [1.82, 2.24) is 25.1 Å². The molecular formula is C43H50N8O4S. The van der Waals surface area contributed by atoms with E-state index >= 15 is 0 Å². The largest absolute Gasteiger partial charge is 0.476 e. The number of thiazole rings is 1. The zero-order valence-electron chi connectivity index (χ0n) is 32.8. The van der Waals surface area contributed by atoms with Crippen LogP contribution in [0.5, 0.6) is 0 Å². The van der Waals surface area contributed by atoms with Gasteiger partial charge in [-0.2, -0.15) is 5.10 Å². The minimum Gasteiger partial charge on any atom is -0.476 e. The Morgan fingerprint density at radius 2 is 1.71 bits per heavy atom. The Kier molecular flexibility index (Phi) is 8.79. The van der Waals surface area contributed by atoms with Crippen LogP contribution in [0.25, 0.3) is 32.6 Å². The molecule has 3 N–H and O–H groups in total. The number of hydrogen-bond acceptors (Lipinski definition) is 9. The second-order valence-corrected chi connectivity index (χ2v) is 18.7. The van der Waals surface area contributed by atoms with Crippen molar-refractivity contribution in [2.24, 2.45) is 16.2 Å². The number of pyridine rings is 1. The number of aromatic nitrogens is 4. The number of para-hydroxylation sites is 1. The molecule has 10 rings (SSSR count). The molecular weight excluding hydrogens is 725 g/mol. The van der Waals surface area contributed by atoms with Crippen molar-refractivity contribution in [3.63, 3.8) is 0 Å². The molecule has 0 saturated heterocycles. The smallest absolute Gasteiger partial charge is 0.355 e. The van der Waals surface area contributed by atoms with Gasteiger partial charge in [0.2, 0.25) is 0 Å². The van der Waals surface area contributed by atoms with Crippen molar-refractivity contribution in [3.8, 4) is 22.4 Å². The molecule has 1 aliphatic heterocycles. The number of urea groups is 1. The van der Waals surface area contributed by atoms with Gasteiger partial charge < -0.3 is 20.1 Å². The molecule has 4 saturated carbocycles. The van der Waals surface area contributed by atoms with E-state index in [9.17, 15) is 14.7 Å². The summed E-state index contributed by atoms with van der Waals surface area (Å²) in [7, 11) is 3.97. The molecule has 0 spiro atoms. The average molecular weight is 775 g/mol. The van der Waals surface area contributed by atoms with Gasteiger partial charge in [-0.25, -0.2) is 19.6 Å². The van der Waals surface area contributed by atoms with E-state index in [2.05, 4.69) is 39.0 Å². The van der Waals surface area contributed by atoms with E-state index in [-0.39, 0.29) is 33.6 Å². The minimum atomic E-state index is -1.11. The molecule has 2 atom stereocenters. The lowest BCUT2D eigenvalue weighted by Crippen LogP contribution is -2.64. The third-order valence-corrected chi connectivity index (χ3v) is 13.7. The lowest BCUT2D eigenvalue weighted by atomic mass is 9.39. The monoisotopic (exact) mass is 774 g/mol. The fourth-order valence-corrected chi connectivity index (χ4v) is 12.6. The number of nitrogens with zero attached hydrogens (tertiary/aromatic N) is 6. The molecule has 5 aliphatic rings. The number of aromatic carboxylic acids is 1. The van der Waals surface area contributed by atoms with E-state index in [4.69, 9.17) is 14.8 Å². The first kappa shape index (κ1) is 36.8. The third kappa shape index (κ3) is 6.43. The molecule has 4 aliphatic carbocycles. The Bertz CT molecular complexity index is 2320. The number of carbonyl (C=O) groups excluding carboxylic acids is 1. The van der Waals surface area contributed by atoms with Gasteiger partial charge in [0.1, 0.15) is 0 Å². The number of hydrogen-bond donors (Lipinski definition) is 3. The SMILES string of the molecule is CNCCOC12CC3(C)CC(C)(CC(Cn4ncc(-c5ccc(-c6ccc7c(c6)N(C(=O)Nc6nc8ccccc8s6)CCN7C)nc5C(=O)O)c4C)(C3)C1)C2. The fraction of sp³-hybridized carbons (Fsp3) is 0.465. The number of likely N-dealkylation sites (N-methyl/N-ethyl adjacent to an activating group) is 2. The van der Waals surface area contributed by atoms with Crippen molar-refractivity contribution in [1.29, 1.82) is 0 Å². The number of carboxylic acids is 1. The van der Waals surface area contributed by atoms with Gasteiger partial charge in [-0.3, -0.25) is 14.9 Å². The summed E-state index contributed by atoms with van der Waals surface area (Å²) in [6.45, 7) is 10.4. The van der Waals surface area contributed by atoms with E-state index in [1.165, 1.54) is 17.8 Å². The predicted molar refractivity (Wildman–Crippen MR) is 221 cm³/mol. The van der Waals surface area contributed by atoms with E-state index in [0.717, 1.165) is 78.0 Å². The standard InChI is InChI=1S/C43H50N8O4S/c1-27-30(19-45-51(27)26-42-21-40(2)20-41(3,22-42)24-43(23-40,25-42)55-17-14-44-4)29-11-12-31(46-36(29)37(52)53)28-10-13-33-34(18-28)50(16-15-49(33)5)39(54)48-38-47-32-8-6-7-9-35(32)56-38/h6-13,18-19,44H,14-17,20-26H2,1-5H3,(H,52,53)(H,47,48,54). The summed E-state index contributed by atoms with van der Waals surface area (Å²) in [5.74, 6) is -1.11. The molecule has 12 nitrogen and oxygen atoms in total. The van der Waals surface area contributed by atoms with Gasteiger partial charge in [0.15, 0.2) is 10.8 Å². The van der Waals surface area contributed by atoms with Crippen LogP contribution in [0, 0.1) is 23.2 Å². The number of rotatable bonds is 10. The predicted octanol–water partition coefficient (Wildman–Crippen LogP) is 8.07. The number of anilines is 3. The number of carboxylic acid groups (broad SMARTS) is 1. The lowest BCUT2D eigenvalue weighted by molar-refractivity contribution is -0.247. The molecule has 4 fully saturated rings. The average Bonchev–Trinajstić information content (AvgIpc) is 3.71. The van der Waals surface area contributed by atoms with Crippen molar-refractivity contribution in [2.45, 2.75) is 71.4 Å². The normalized spacial score (nSPS) is 26.5. The van der Waals surface area contributed by atoms with E-state index < -0.39 is 5.97 Å². The quantitative estimate of drug-likeness (QED) is 0.120. The highest BCUT2D eigenvalue weighted by molar-refractivity contribution is 7.22. The molecule has 56 heavy (non-hydrogen) atoms. The first-order valence-electron chi connectivity index (χ1n) is 19.6. The molecule has 292 valence electrons. The van der Waals surface area contributed by atoms with Crippen molar-refractivity contribution >= 4 is 50.1 Å². The van der Waals surface area contributed by atoms with Crippen molar-refractivity contribution in [2.75, 3.05) is 55.5 Å². The number of fused-ring (bicyclic) bond motifs is 2. The Balaban J connectivity index is 0.995. The number of ether oxygens (including phenoxy) is 1. The number of carbonyl (C=O) groups is 2. The van der Waals surface area contributed by atoms with E-state index in [1.54, 1.807) is 11.1 Å². The van der Waals surface area contributed by atoms with Crippen LogP contribution in [-0.2, 0) is 11.3 Å².